The number of aryl methyl sites for hydroxylation is 2. The van der Waals surface area contributed by atoms with Gasteiger partial charge in [0, 0.05) is 22.6 Å². The Balaban J connectivity index is 1.94. The largest absolute Gasteiger partial charge is 0.462 e. The molecule has 0 bridgehead atoms. The number of hydrogen-bond acceptors (Lipinski definition) is 5. The summed E-state index contributed by atoms with van der Waals surface area (Å²) in [5.74, 6) is 5.09. The molecule has 0 fully saturated rings. The first-order valence-corrected chi connectivity index (χ1v) is 13.3. The highest BCUT2D eigenvalue weighted by Crippen LogP contribution is 2.15. The van der Waals surface area contributed by atoms with E-state index in [1.54, 1.807) is 6.92 Å². The third-order valence-electron chi connectivity index (χ3n) is 6.18. The highest BCUT2D eigenvalue weighted by molar-refractivity contribution is 5.88. The van der Waals surface area contributed by atoms with Crippen molar-refractivity contribution >= 4 is 11.9 Å². The van der Waals surface area contributed by atoms with Crippen LogP contribution in [-0.4, -0.2) is 36.4 Å². The molecule has 0 saturated heterocycles. The van der Waals surface area contributed by atoms with Crippen LogP contribution in [0, 0.1) is 17.8 Å². The second-order valence-corrected chi connectivity index (χ2v) is 9.68. The SMILES string of the molecule is C=C(C)C(=O)OCC(CCc1ccc(C#Cc2ccc(CCCCC)cc2)cc1)COC(=O)C(=C)C(C)O. The molecule has 0 aliphatic rings. The molecule has 2 unspecified atom stereocenters. The van der Waals surface area contributed by atoms with Gasteiger partial charge < -0.3 is 14.6 Å². The number of unbranched alkanes of at least 4 members (excludes halogenated alkanes) is 2. The zero-order valence-electron chi connectivity index (χ0n) is 22.9. The van der Waals surface area contributed by atoms with Crippen LogP contribution in [0.15, 0.2) is 72.8 Å². The van der Waals surface area contributed by atoms with Gasteiger partial charge in [-0.15, -0.1) is 0 Å². The average Bonchev–Trinajstić information content (AvgIpc) is 2.91. The van der Waals surface area contributed by atoms with Gasteiger partial charge in [0.2, 0.25) is 0 Å². The second kappa shape index (κ2) is 16.3. The first-order chi connectivity index (χ1) is 18.2. The van der Waals surface area contributed by atoms with E-state index in [1.807, 2.05) is 24.3 Å². The predicted molar refractivity (Wildman–Crippen MR) is 151 cm³/mol. The lowest BCUT2D eigenvalue weighted by atomic mass is 10.00. The minimum atomic E-state index is -0.987. The molecule has 2 atom stereocenters. The Bertz CT molecular complexity index is 1130. The summed E-state index contributed by atoms with van der Waals surface area (Å²) in [5.41, 5.74) is 4.67. The second-order valence-electron chi connectivity index (χ2n) is 9.68. The van der Waals surface area contributed by atoms with Crippen LogP contribution in [0.3, 0.4) is 0 Å². The zero-order valence-corrected chi connectivity index (χ0v) is 22.9. The molecular formula is C33H40O5. The summed E-state index contributed by atoms with van der Waals surface area (Å²) >= 11 is 0. The maximum Gasteiger partial charge on any atom is 0.336 e. The maximum atomic E-state index is 12.1. The Morgan fingerprint density at radius 2 is 1.34 bits per heavy atom. The number of rotatable bonds is 14. The summed E-state index contributed by atoms with van der Waals surface area (Å²) in [6.45, 7) is 12.5. The monoisotopic (exact) mass is 516 g/mol. The summed E-state index contributed by atoms with van der Waals surface area (Å²) < 4.78 is 10.6. The Morgan fingerprint density at radius 1 is 0.842 bits per heavy atom. The fraction of sp³-hybridized carbons (Fsp3) is 0.394. The van der Waals surface area contributed by atoms with E-state index in [9.17, 15) is 14.7 Å². The Morgan fingerprint density at radius 3 is 1.82 bits per heavy atom. The lowest BCUT2D eigenvalue weighted by Crippen LogP contribution is -2.24. The summed E-state index contributed by atoms with van der Waals surface area (Å²) in [6.07, 6.45) is 5.17. The minimum Gasteiger partial charge on any atom is -0.462 e. The van der Waals surface area contributed by atoms with Crippen LogP contribution >= 0.6 is 0 Å². The van der Waals surface area contributed by atoms with Crippen molar-refractivity contribution in [2.75, 3.05) is 13.2 Å². The summed E-state index contributed by atoms with van der Waals surface area (Å²) in [6, 6.07) is 16.5. The molecule has 0 aliphatic carbocycles. The van der Waals surface area contributed by atoms with E-state index >= 15 is 0 Å². The molecule has 1 N–H and O–H groups in total. The van der Waals surface area contributed by atoms with Crippen LogP contribution in [0.4, 0.5) is 0 Å². The zero-order chi connectivity index (χ0) is 27.9. The molecule has 2 aromatic rings. The molecule has 0 radical (unpaired) electrons. The first kappa shape index (κ1) is 30.6. The van der Waals surface area contributed by atoms with Crippen LogP contribution in [0.2, 0.25) is 0 Å². The van der Waals surface area contributed by atoms with Crippen molar-refractivity contribution < 1.29 is 24.2 Å². The Hall–Kier alpha value is -3.62. The van der Waals surface area contributed by atoms with Gasteiger partial charge in [0.15, 0.2) is 0 Å². The molecule has 0 aliphatic heterocycles. The van der Waals surface area contributed by atoms with E-state index in [-0.39, 0.29) is 24.7 Å². The molecule has 0 aromatic heterocycles. The minimum absolute atomic E-state index is 0.0118. The molecule has 38 heavy (non-hydrogen) atoms. The van der Waals surface area contributed by atoms with Gasteiger partial charge in [-0.1, -0.05) is 69.0 Å². The van der Waals surface area contributed by atoms with E-state index in [2.05, 4.69) is 56.2 Å². The molecule has 5 nitrogen and oxygen atoms in total. The normalized spacial score (nSPS) is 12.0. The molecule has 0 spiro atoms. The summed E-state index contributed by atoms with van der Waals surface area (Å²) in [7, 11) is 0. The fourth-order valence-electron chi connectivity index (χ4n) is 3.59. The van der Waals surface area contributed by atoms with E-state index < -0.39 is 18.0 Å². The van der Waals surface area contributed by atoms with Crippen molar-refractivity contribution in [3.05, 3.63) is 95.1 Å². The molecule has 0 heterocycles. The van der Waals surface area contributed by atoms with E-state index in [4.69, 9.17) is 9.47 Å². The topological polar surface area (TPSA) is 72.8 Å². The number of esters is 2. The van der Waals surface area contributed by atoms with Crippen molar-refractivity contribution in [3.63, 3.8) is 0 Å². The van der Waals surface area contributed by atoms with Gasteiger partial charge in [0.25, 0.3) is 0 Å². The quantitative estimate of drug-likeness (QED) is 0.145. The number of carbonyl (C=O) groups excluding carboxylic acids is 2. The number of hydrogen-bond donors (Lipinski definition) is 1. The van der Waals surface area contributed by atoms with Gasteiger partial charge in [-0.3, -0.25) is 0 Å². The van der Waals surface area contributed by atoms with Gasteiger partial charge in [0.1, 0.15) is 0 Å². The molecular weight excluding hydrogens is 476 g/mol. The van der Waals surface area contributed by atoms with Crippen LogP contribution in [-0.2, 0) is 31.9 Å². The molecule has 202 valence electrons. The summed E-state index contributed by atoms with van der Waals surface area (Å²) in [5, 5.41) is 9.53. The van der Waals surface area contributed by atoms with Crippen molar-refractivity contribution in [2.45, 2.75) is 65.4 Å². The number of aliphatic hydroxyl groups is 1. The van der Waals surface area contributed by atoms with E-state index in [1.165, 1.54) is 31.7 Å². The standard InChI is InChI=1S/C33H40O5/c1-6-7-8-9-27-10-12-28(13-11-27)14-15-29-16-18-30(19-17-29)20-21-31(22-37-32(35)24(2)3)23-38-33(36)25(4)26(5)34/h10-13,16-19,26,31,34H,2,4,6-9,20-23H2,1,3,5H3. The molecule has 2 rings (SSSR count). The molecule has 5 heteroatoms. The maximum absolute atomic E-state index is 12.1. The number of aliphatic hydroxyl groups excluding tert-OH is 1. The smallest absolute Gasteiger partial charge is 0.336 e. The average molecular weight is 517 g/mol. The Kier molecular flexibility index (Phi) is 13.1. The van der Waals surface area contributed by atoms with Crippen molar-refractivity contribution in [1.82, 2.24) is 0 Å². The fourth-order valence-corrected chi connectivity index (χ4v) is 3.59. The van der Waals surface area contributed by atoms with Crippen LogP contribution in [0.5, 0.6) is 0 Å². The van der Waals surface area contributed by atoms with Gasteiger partial charge in [-0.25, -0.2) is 9.59 Å². The van der Waals surface area contributed by atoms with Crippen molar-refractivity contribution in [2.24, 2.45) is 5.92 Å². The van der Waals surface area contributed by atoms with E-state index in [0.717, 1.165) is 23.1 Å². The van der Waals surface area contributed by atoms with Gasteiger partial charge in [-0.05, 0) is 74.9 Å². The third kappa shape index (κ3) is 11.2. The van der Waals surface area contributed by atoms with Crippen LogP contribution < -0.4 is 0 Å². The number of carbonyl (C=O) groups is 2. The molecule has 0 saturated carbocycles. The van der Waals surface area contributed by atoms with Gasteiger partial charge >= 0.3 is 11.9 Å². The highest BCUT2D eigenvalue weighted by Gasteiger charge is 2.18. The van der Waals surface area contributed by atoms with Crippen LogP contribution in [0.25, 0.3) is 0 Å². The van der Waals surface area contributed by atoms with Crippen molar-refractivity contribution in [3.8, 4) is 11.8 Å². The first-order valence-electron chi connectivity index (χ1n) is 13.3. The Labute approximate surface area is 227 Å². The number of benzene rings is 2. The van der Waals surface area contributed by atoms with Crippen molar-refractivity contribution in [1.29, 1.82) is 0 Å². The van der Waals surface area contributed by atoms with Crippen LogP contribution in [0.1, 0.15) is 68.7 Å². The lowest BCUT2D eigenvalue weighted by Gasteiger charge is -2.18. The highest BCUT2D eigenvalue weighted by atomic mass is 16.5. The lowest BCUT2D eigenvalue weighted by molar-refractivity contribution is -0.144. The summed E-state index contributed by atoms with van der Waals surface area (Å²) in [4.78, 5) is 23.9. The van der Waals surface area contributed by atoms with Gasteiger partial charge in [0.05, 0.1) is 24.9 Å². The molecule has 2 aromatic carbocycles. The predicted octanol–water partition coefficient (Wildman–Crippen LogP) is 5.97. The van der Waals surface area contributed by atoms with Gasteiger partial charge in [-0.2, -0.15) is 0 Å². The van der Waals surface area contributed by atoms with E-state index in [0.29, 0.717) is 18.4 Å². The number of ether oxygens (including phenoxy) is 2. The molecule has 0 amide bonds. The third-order valence-corrected chi connectivity index (χ3v) is 6.18.